The smallest absolute Gasteiger partial charge is 0.150 e. The highest BCUT2D eigenvalue weighted by Crippen LogP contribution is 2.32. The number of nitrogens with zero attached hydrogens (tertiary/aromatic N) is 2. The van der Waals surface area contributed by atoms with Crippen molar-refractivity contribution in [3.8, 4) is 0 Å². The van der Waals surface area contributed by atoms with Gasteiger partial charge in [0.25, 0.3) is 0 Å². The van der Waals surface area contributed by atoms with Gasteiger partial charge in [0.2, 0.25) is 0 Å². The molecule has 0 aliphatic heterocycles. The van der Waals surface area contributed by atoms with E-state index in [9.17, 15) is 5.11 Å². The Kier molecular flexibility index (Phi) is 6.50. The summed E-state index contributed by atoms with van der Waals surface area (Å²) in [6.45, 7) is 4.68. The van der Waals surface area contributed by atoms with E-state index in [1.807, 2.05) is 4.90 Å². The van der Waals surface area contributed by atoms with Crippen molar-refractivity contribution in [2.75, 3.05) is 18.1 Å². The zero-order chi connectivity index (χ0) is 13.7. The van der Waals surface area contributed by atoms with E-state index in [-0.39, 0.29) is 17.8 Å². The van der Waals surface area contributed by atoms with Gasteiger partial charge in [0.05, 0.1) is 16.7 Å². The number of rotatable bonds is 6. The van der Waals surface area contributed by atoms with E-state index >= 15 is 0 Å². The predicted molar refractivity (Wildman–Crippen MR) is 78.1 cm³/mol. The van der Waals surface area contributed by atoms with Crippen LogP contribution in [0.4, 0.5) is 5.82 Å². The van der Waals surface area contributed by atoms with Crippen LogP contribution in [0.25, 0.3) is 0 Å². The molecule has 0 bridgehead atoms. The summed E-state index contributed by atoms with van der Waals surface area (Å²) in [5, 5.41) is 10.2. The van der Waals surface area contributed by atoms with Crippen LogP contribution < -0.4 is 4.90 Å². The van der Waals surface area contributed by atoms with Gasteiger partial charge in [-0.1, -0.05) is 48.7 Å². The minimum Gasteiger partial charge on any atom is -0.395 e. The van der Waals surface area contributed by atoms with Crippen LogP contribution in [0.15, 0.2) is 6.07 Å². The van der Waals surface area contributed by atoms with Crippen LogP contribution in [0.2, 0.25) is 15.2 Å². The van der Waals surface area contributed by atoms with Crippen LogP contribution >= 0.6 is 34.8 Å². The number of halogens is 3. The Labute approximate surface area is 123 Å². The minimum absolute atomic E-state index is 0.0365. The van der Waals surface area contributed by atoms with E-state index in [4.69, 9.17) is 34.8 Å². The first-order valence-electron chi connectivity index (χ1n) is 5.94. The molecule has 6 heteroatoms. The van der Waals surface area contributed by atoms with Crippen LogP contribution in [0, 0.1) is 0 Å². The Balaban J connectivity index is 3.16. The average molecular weight is 312 g/mol. The third-order valence-electron chi connectivity index (χ3n) is 2.86. The maximum atomic E-state index is 9.18. The highest BCUT2D eigenvalue weighted by molar-refractivity contribution is 6.42. The van der Waals surface area contributed by atoms with Crippen molar-refractivity contribution < 1.29 is 5.11 Å². The molecule has 1 rings (SSSR count). The van der Waals surface area contributed by atoms with E-state index in [1.165, 1.54) is 0 Å². The van der Waals surface area contributed by atoms with Crippen molar-refractivity contribution in [3.05, 3.63) is 21.3 Å². The van der Waals surface area contributed by atoms with E-state index in [0.29, 0.717) is 22.4 Å². The summed E-state index contributed by atoms with van der Waals surface area (Å²) < 4.78 is 0. The second kappa shape index (κ2) is 7.39. The fourth-order valence-corrected chi connectivity index (χ4v) is 2.54. The summed E-state index contributed by atoms with van der Waals surface area (Å²) in [5.74, 6) is 0.578. The lowest BCUT2D eigenvalue weighted by molar-refractivity contribution is 0.295. The first-order valence-corrected chi connectivity index (χ1v) is 7.07. The van der Waals surface area contributed by atoms with Crippen molar-refractivity contribution in [3.63, 3.8) is 0 Å². The largest absolute Gasteiger partial charge is 0.395 e. The molecular formula is C12H17Cl3N2O. The molecular weight excluding hydrogens is 295 g/mol. The van der Waals surface area contributed by atoms with Gasteiger partial charge in [-0.05, 0) is 18.9 Å². The Morgan fingerprint density at radius 3 is 2.33 bits per heavy atom. The third kappa shape index (κ3) is 3.64. The lowest BCUT2D eigenvalue weighted by atomic mass is 10.1. The maximum Gasteiger partial charge on any atom is 0.150 e. The summed E-state index contributed by atoms with van der Waals surface area (Å²) in [6.07, 6.45) is 1.88. The molecule has 0 atom stereocenters. The number of aromatic nitrogens is 1. The number of hydrogen-bond acceptors (Lipinski definition) is 3. The second-order valence-electron chi connectivity index (χ2n) is 3.95. The SMILES string of the molecule is CCC(CC)N(CCO)c1nc(Cl)c(Cl)cc1Cl. The van der Waals surface area contributed by atoms with E-state index in [0.717, 1.165) is 12.8 Å². The molecule has 0 saturated heterocycles. The molecule has 0 aliphatic carbocycles. The summed E-state index contributed by atoms with van der Waals surface area (Å²) in [5.41, 5.74) is 0. The van der Waals surface area contributed by atoms with Gasteiger partial charge < -0.3 is 10.0 Å². The van der Waals surface area contributed by atoms with Gasteiger partial charge in [-0.3, -0.25) is 0 Å². The van der Waals surface area contributed by atoms with Gasteiger partial charge in [0, 0.05) is 12.6 Å². The lowest BCUT2D eigenvalue weighted by Gasteiger charge is -2.31. The van der Waals surface area contributed by atoms with Gasteiger partial charge in [-0.2, -0.15) is 0 Å². The molecule has 1 heterocycles. The molecule has 0 spiro atoms. The molecule has 1 aromatic heterocycles. The Morgan fingerprint density at radius 2 is 1.83 bits per heavy atom. The van der Waals surface area contributed by atoms with Crippen LogP contribution in [0.3, 0.4) is 0 Å². The topological polar surface area (TPSA) is 36.4 Å². The van der Waals surface area contributed by atoms with Crippen molar-refractivity contribution >= 4 is 40.6 Å². The minimum atomic E-state index is 0.0365. The van der Waals surface area contributed by atoms with E-state index in [1.54, 1.807) is 6.07 Å². The summed E-state index contributed by atoms with van der Waals surface area (Å²) in [6, 6.07) is 1.85. The Hall–Kier alpha value is -0.220. The molecule has 3 nitrogen and oxygen atoms in total. The molecule has 18 heavy (non-hydrogen) atoms. The van der Waals surface area contributed by atoms with Crippen LogP contribution in [-0.2, 0) is 0 Å². The zero-order valence-electron chi connectivity index (χ0n) is 10.5. The van der Waals surface area contributed by atoms with Gasteiger partial charge >= 0.3 is 0 Å². The van der Waals surface area contributed by atoms with Crippen LogP contribution in [-0.4, -0.2) is 29.3 Å². The number of anilines is 1. The second-order valence-corrected chi connectivity index (χ2v) is 5.13. The third-order valence-corrected chi connectivity index (χ3v) is 3.82. The zero-order valence-corrected chi connectivity index (χ0v) is 12.7. The molecule has 0 amide bonds. The van der Waals surface area contributed by atoms with Crippen molar-refractivity contribution in [2.24, 2.45) is 0 Å². The molecule has 0 fully saturated rings. The predicted octanol–water partition coefficient (Wildman–Crippen LogP) is 4.03. The van der Waals surface area contributed by atoms with Gasteiger partial charge in [0.15, 0.2) is 0 Å². The van der Waals surface area contributed by atoms with E-state index < -0.39 is 0 Å². The molecule has 1 N–H and O–H groups in total. The fourth-order valence-electron chi connectivity index (χ4n) is 1.94. The molecule has 102 valence electrons. The number of aliphatic hydroxyl groups excluding tert-OH is 1. The number of hydrogen-bond donors (Lipinski definition) is 1. The van der Waals surface area contributed by atoms with E-state index in [2.05, 4.69) is 18.8 Å². The quantitative estimate of drug-likeness (QED) is 0.806. The molecule has 1 aromatic rings. The van der Waals surface area contributed by atoms with Crippen LogP contribution in [0.5, 0.6) is 0 Å². The summed E-state index contributed by atoms with van der Waals surface area (Å²) in [4.78, 5) is 6.20. The highest BCUT2D eigenvalue weighted by atomic mass is 35.5. The lowest BCUT2D eigenvalue weighted by Crippen LogP contribution is -2.37. The first kappa shape index (κ1) is 15.8. The molecule has 0 aromatic carbocycles. The Bertz CT molecular complexity index is 397. The first-order chi connectivity index (χ1) is 8.54. The van der Waals surface area contributed by atoms with Gasteiger partial charge in [-0.25, -0.2) is 4.98 Å². The number of pyridine rings is 1. The maximum absolute atomic E-state index is 9.18. The van der Waals surface area contributed by atoms with Crippen LogP contribution in [0.1, 0.15) is 26.7 Å². The molecule has 0 radical (unpaired) electrons. The van der Waals surface area contributed by atoms with Gasteiger partial charge in [-0.15, -0.1) is 0 Å². The Morgan fingerprint density at radius 1 is 1.22 bits per heavy atom. The molecule has 0 unspecified atom stereocenters. The number of aliphatic hydroxyl groups is 1. The summed E-state index contributed by atoms with van der Waals surface area (Å²) >= 11 is 18.0. The fraction of sp³-hybridized carbons (Fsp3) is 0.583. The van der Waals surface area contributed by atoms with Gasteiger partial charge in [0.1, 0.15) is 11.0 Å². The van der Waals surface area contributed by atoms with Crippen molar-refractivity contribution in [1.29, 1.82) is 0 Å². The van der Waals surface area contributed by atoms with Crippen molar-refractivity contribution in [1.82, 2.24) is 4.98 Å². The standard InChI is InChI=1S/C12H17Cl3N2O/c1-3-8(4-2)17(5-6-18)12-10(14)7-9(13)11(15)16-12/h7-8,18H,3-6H2,1-2H3. The monoisotopic (exact) mass is 310 g/mol. The highest BCUT2D eigenvalue weighted by Gasteiger charge is 2.20. The normalized spacial score (nSPS) is 11.1. The van der Waals surface area contributed by atoms with Crippen molar-refractivity contribution in [2.45, 2.75) is 32.7 Å². The molecule has 0 saturated carbocycles. The summed E-state index contributed by atoms with van der Waals surface area (Å²) in [7, 11) is 0. The average Bonchev–Trinajstić information content (AvgIpc) is 2.34. The molecule has 0 aliphatic rings.